The van der Waals surface area contributed by atoms with E-state index < -0.39 is 6.03 Å². The lowest BCUT2D eigenvalue weighted by molar-refractivity contribution is 0.249. The van der Waals surface area contributed by atoms with Crippen LogP contribution in [0.2, 0.25) is 0 Å². The Kier molecular flexibility index (Phi) is 3.73. The van der Waals surface area contributed by atoms with Gasteiger partial charge in [-0.05, 0) is 18.2 Å². The standard InChI is InChI=1S/C9H13FN4O/c10-6-1-2-8(7(11)5-6)13-3-4-14-9(12)15/h1-2,5,13H,3-4,11H2,(H3,12,14,15). The van der Waals surface area contributed by atoms with E-state index in [0.717, 1.165) is 0 Å². The maximum absolute atomic E-state index is 12.7. The van der Waals surface area contributed by atoms with E-state index in [0.29, 0.717) is 24.5 Å². The van der Waals surface area contributed by atoms with Gasteiger partial charge in [0.1, 0.15) is 5.82 Å². The van der Waals surface area contributed by atoms with Crippen LogP contribution in [0, 0.1) is 5.82 Å². The first kappa shape index (κ1) is 11.1. The highest BCUT2D eigenvalue weighted by molar-refractivity contribution is 5.71. The SMILES string of the molecule is NC(=O)NCCNc1ccc(F)cc1N. The van der Waals surface area contributed by atoms with E-state index in [2.05, 4.69) is 10.6 Å². The molecule has 0 bridgehead atoms. The van der Waals surface area contributed by atoms with Crippen molar-refractivity contribution in [1.29, 1.82) is 0 Å². The molecule has 0 fully saturated rings. The van der Waals surface area contributed by atoms with Gasteiger partial charge in [0.2, 0.25) is 0 Å². The van der Waals surface area contributed by atoms with Gasteiger partial charge < -0.3 is 22.1 Å². The Bertz CT molecular complexity index is 356. The van der Waals surface area contributed by atoms with Crippen LogP contribution in [0.15, 0.2) is 18.2 Å². The maximum Gasteiger partial charge on any atom is 0.312 e. The Hall–Kier alpha value is -1.98. The van der Waals surface area contributed by atoms with Crippen LogP contribution >= 0.6 is 0 Å². The van der Waals surface area contributed by atoms with Crippen LogP contribution in [-0.2, 0) is 0 Å². The summed E-state index contributed by atoms with van der Waals surface area (Å²) in [5, 5.41) is 5.34. The number of carbonyl (C=O) groups is 1. The monoisotopic (exact) mass is 212 g/mol. The molecule has 15 heavy (non-hydrogen) atoms. The number of carbonyl (C=O) groups excluding carboxylic acids is 1. The molecule has 0 atom stereocenters. The lowest BCUT2D eigenvalue weighted by Gasteiger charge is -2.09. The quantitative estimate of drug-likeness (QED) is 0.432. The Morgan fingerprint density at radius 1 is 1.40 bits per heavy atom. The largest absolute Gasteiger partial charge is 0.397 e. The van der Waals surface area contributed by atoms with Crippen LogP contribution in [0.3, 0.4) is 0 Å². The van der Waals surface area contributed by atoms with E-state index in [1.807, 2.05) is 0 Å². The minimum atomic E-state index is -0.580. The Labute approximate surface area is 86.6 Å². The summed E-state index contributed by atoms with van der Waals surface area (Å²) in [7, 11) is 0. The fourth-order valence-electron chi connectivity index (χ4n) is 1.08. The predicted octanol–water partition coefficient (Wildman–Crippen LogP) is 0.488. The van der Waals surface area contributed by atoms with Crippen molar-refractivity contribution in [2.75, 3.05) is 24.1 Å². The average Bonchev–Trinajstić information content (AvgIpc) is 2.14. The van der Waals surface area contributed by atoms with Crippen molar-refractivity contribution in [2.45, 2.75) is 0 Å². The third-order valence-electron chi connectivity index (χ3n) is 1.75. The Balaban J connectivity index is 2.40. The van der Waals surface area contributed by atoms with Gasteiger partial charge in [0.05, 0.1) is 11.4 Å². The first-order valence-corrected chi connectivity index (χ1v) is 4.42. The molecule has 1 rings (SSSR count). The summed E-state index contributed by atoms with van der Waals surface area (Å²) in [6.07, 6.45) is 0. The van der Waals surface area contributed by atoms with Crippen molar-refractivity contribution in [2.24, 2.45) is 5.73 Å². The number of hydrogen-bond acceptors (Lipinski definition) is 3. The van der Waals surface area contributed by atoms with Crippen molar-refractivity contribution in [1.82, 2.24) is 5.32 Å². The fraction of sp³-hybridized carbons (Fsp3) is 0.222. The minimum absolute atomic E-state index is 0.328. The molecule has 0 spiro atoms. The zero-order valence-electron chi connectivity index (χ0n) is 8.09. The molecule has 0 heterocycles. The predicted molar refractivity (Wildman–Crippen MR) is 56.9 cm³/mol. The molecule has 0 aliphatic carbocycles. The molecule has 6 heteroatoms. The molecule has 0 aliphatic rings. The first-order chi connectivity index (χ1) is 7.09. The molecule has 0 radical (unpaired) electrons. The van der Waals surface area contributed by atoms with Crippen LogP contribution in [0.25, 0.3) is 0 Å². The van der Waals surface area contributed by atoms with Gasteiger partial charge in [-0.3, -0.25) is 0 Å². The molecule has 0 aromatic heterocycles. The molecule has 1 aromatic rings. The molecular weight excluding hydrogens is 199 g/mol. The number of anilines is 2. The van der Waals surface area contributed by atoms with Crippen LogP contribution in [0.4, 0.5) is 20.6 Å². The zero-order valence-corrected chi connectivity index (χ0v) is 8.09. The summed E-state index contributed by atoms with van der Waals surface area (Å²) in [4.78, 5) is 10.3. The number of halogens is 1. The number of nitrogens with one attached hydrogen (secondary N) is 2. The molecule has 5 nitrogen and oxygen atoms in total. The second-order valence-electron chi connectivity index (χ2n) is 2.95. The maximum atomic E-state index is 12.7. The molecule has 0 unspecified atom stereocenters. The smallest absolute Gasteiger partial charge is 0.312 e. The highest BCUT2D eigenvalue weighted by Gasteiger charge is 1.99. The topological polar surface area (TPSA) is 93.2 Å². The van der Waals surface area contributed by atoms with E-state index in [1.54, 1.807) is 0 Å². The summed E-state index contributed by atoms with van der Waals surface area (Å²) in [5.74, 6) is -0.381. The van der Waals surface area contributed by atoms with Crippen molar-refractivity contribution in [3.05, 3.63) is 24.0 Å². The van der Waals surface area contributed by atoms with Gasteiger partial charge in [-0.15, -0.1) is 0 Å². The van der Waals surface area contributed by atoms with Gasteiger partial charge in [0.15, 0.2) is 0 Å². The summed E-state index contributed by atoms with van der Waals surface area (Å²) in [5.41, 5.74) is 11.4. The van der Waals surface area contributed by atoms with E-state index in [4.69, 9.17) is 11.5 Å². The van der Waals surface area contributed by atoms with Crippen molar-refractivity contribution >= 4 is 17.4 Å². The van der Waals surface area contributed by atoms with Crippen molar-refractivity contribution in [3.63, 3.8) is 0 Å². The molecule has 0 saturated heterocycles. The summed E-state index contributed by atoms with van der Waals surface area (Å²) >= 11 is 0. The number of benzene rings is 1. The van der Waals surface area contributed by atoms with Crippen molar-refractivity contribution in [3.8, 4) is 0 Å². The van der Waals surface area contributed by atoms with Gasteiger partial charge in [0.25, 0.3) is 0 Å². The van der Waals surface area contributed by atoms with E-state index in [1.165, 1.54) is 18.2 Å². The third kappa shape index (κ3) is 3.72. The average molecular weight is 212 g/mol. The summed E-state index contributed by atoms with van der Waals surface area (Å²) in [6.45, 7) is 0.852. The molecule has 0 aliphatic heterocycles. The highest BCUT2D eigenvalue weighted by Crippen LogP contribution is 2.18. The number of urea groups is 1. The second kappa shape index (κ2) is 5.04. The highest BCUT2D eigenvalue weighted by atomic mass is 19.1. The number of primary amides is 1. The molecule has 82 valence electrons. The van der Waals surface area contributed by atoms with Gasteiger partial charge in [-0.25, -0.2) is 9.18 Å². The zero-order chi connectivity index (χ0) is 11.3. The van der Waals surface area contributed by atoms with E-state index in [9.17, 15) is 9.18 Å². The van der Waals surface area contributed by atoms with Crippen LogP contribution < -0.4 is 22.1 Å². The second-order valence-corrected chi connectivity index (χ2v) is 2.95. The number of amides is 2. The number of rotatable bonds is 4. The first-order valence-electron chi connectivity index (χ1n) is 4.42. The lowest BCUT2D eigenvalue weighted by Crippen LogP contribution is -2.33. The normalized spacial score (nSPS) is 9.67. The molecule has 1 aromatic carbocycles. The lowest BCUT2D eigenvalue weighted by atomic mass is 10.2. The summed E-state index contributed by atoms with van der Waals surface area (Å²) < 4.78 is 12.7. The third-order valence-corrected chi connectivity index (χ3v) is 1.75. The molecule has 6 N–H and O–H groups in total. The van der Waals surface area contributed by atoms with Gasteiger partial charge in [-0.2, -0.15) is 0 Å². The molecule has 0 saturated carbocycles. The number of hydrogen-bond donors (Lipinski definition) is 4. The van der Waals surface area contributed by atoms with Gasteiger partial charge in [0, 0.05) is 13.1 Å². The summed E-state index contributed by atoms with van der Waals surface area (Å²) in [6, 6.07) is 3.49. The van der Waals surface area contributed by atoms with Crippen molar-refractivity contribution < 1.29 is 9.18 Å². The molecule has 2 amide bonds. The van der Waals surface area contributed by atoms with Crippen LogP contribution in [0.5, 0.6) is 0 Å². The Morgan fingerprint density at radius 3 is 2.73 bits per heavy atom. The molecular formula is C9H13FN4O. The fourth-order valence-corrected chi connectivity index (χ4v) is 1.08. The van der Waals surface area contributed by atoms with Crippen LogP contribution in [-0.4, -0.2) is 19.1 Å². The van der Waals surface area contributed by atoms with Gasteiger partial charge in [-0.1, -0.05) is 0 Å². The number of nitrogen functional groups attached to an aromatic ring is 1. The van der Waals surface area contributed by atoms with Crippen LogP contribution in [0.1, 0.15) is 0 Å². The van der Waals surface area contributed by atoms with E-state index >= 15 is 0 Å². The number of nitrogens with two attached hydrogens (primary N) is 2. The van der Waals surface area contributed by atoms with E-state index in [-0.39, 0.29) is 5.82 Å². The minimum Gasteiger partial charge on any atom is -0.397 e. The Morgan fingerprint density at radius 2 is 2.13 bits per heavy atom. The van der Waals surface area contributed by atoms with Gasteiger partial charge >= 0.3 is 6.03 Å².